The van der Waals surface area contributed by atoms with Crippen molar-refractivity contribution in [1.29, 1.82) is 0 Å². The molecule has 3 nitrogen and oxygen atoms in total. The lowest BCUT2D eigenvalue weighted by molar-refractivity contribution is -0.120. The Morgan fingerprint density at radius 1 is 1.35 bits per heavy atom. The second-order valence-corrected chi connectivity index (χ2v) is 5.67. The number of nitrogens with one attached hydrogen (secondary N) is 1. The molecule has 1 aliphatic carbocycles. The third kappa shape index (κ3) is 3.93. The van der Waals surface area contributed by atoms with Crippen molar-refractivity contribution in [3.05, 3.63) is 30.1 Å². The predicted octanol–water partition coefficient (Wildman–Crippen LogP) is 1.60. The van der Waals surface area contributed by atoms with Gasteiger partial charge < -0.3 is 5.32 Å². The van der Waals surface area contributed by atoms with E-state index in [4.69, 9.17) is 0 Å². The van der Waals surface area contributed by atoms with Gasteiger partial charge in [0.2, 0.25) is 5.91 Å². The monoisotopic (exact) mass is 255 g/mol. The fourth-order valence-electron chi connectivity index (χ4n) is 1.42. The average Bonchev–Trinajstić information content (AvgIpc) is 3.11. The van der Waals surface area contributed by atoms with E-state index in [1.54, 1.807) is 0 Å². The van der Waals surface area contributed by atoms with Crippen molar-refractivity contribution in [1.82, 2.24) is 5.32 Å². The van der Waals surface area contributed by atoms with Crippen LogP contribution < -0.4 is 5.32 Å². The van der Waals surface area contributed by atoms with Crippen LogP contribution in [0.3, 0.4) is 0 Å². The summed E-state index contributed by atoms with van der Waals surface area (Å²) in [5.41, 5.74) is 0. The Hall–Kier alpha value is -1.23. The molecule has 1 aromatic carbocycles. The van der Waals surface area contributed by atoms with Gasteiger partial charge in [-0.15, -0.1) is 0 Å². The van der Waals surface area contributed by atoms with Crippen LogP contribution in [0.25, 0.3) is 0 Å². The van der Waals surface area contributed by atoms with Crippen LogP contribution in [0.2, 0.25) is 0 Å². The lowest BCUT2D eigenvalue weighted by Gasteiger charge is -2.03. The summed E-state index contributed by atoms with van der Waals surface area (Å²) in [5.74, 6) is -0.121. The highest BCUT2D eigenvalue weighted by Gasteiger charge is 2.23. The quantitative estimate of drug-likeness (QED) is 0.868. The van der Waals surface area contributed by atoms with Gasteiger partial charge in [0.05, 0.1) is 10.8 Å². The van der Waals surface area contributed by atoms with E-state index in [1.165, 1.54) is 24.3 Å². The van der Waals surface area contributed by atoms with E-state index < -0.39 is 10.8 Å². The maximum Gasteiger partial charge on any atom is 0.221 e. The van der Waals surface area contributed by atoms with Gasteiger partial charge in [-0.2, -0.15) is 0 Å². The van der Waals surface area contributed by atoms with E-state index in [1.807, 2.05) is 0 Å². The highest BCUT2D eigenvalue weighted by molar-refractivity contribution is 7.85. The number of benzene rings is 1. The molecule has 1 aromatic rings. The van der Waals surface area contributed by atoms with Crippen molar-refractivity contribution in [2.24, 2.45) is 0 Å². The molecule has 0 radical (unpaired) electrons. The van der Waals surface area contributed by atoms with Crippen LogP contribution in [0.4, 0.5) is 4.39 Å². The molecule has 1 N–H and O–H groups in total. The number of hydrogen-bond acceptors (Lipinski definition) is 2. The third-order valence-corrected chi connectivity index (χ3v) is 3.91. The Labute approximate surface area is 102 Å². The first-order valence-electron chi connectivity index (χ1n) is 5.58. The topological polar surface area (TPSA) is 46.2 Å². The summed E-state index contributed by atoms with van der Waals surface area (Å²) >= 11 is 0. The fourth-order valence-corrected chi connectivity index (χ4v) is 2.46. The minimum Gasteiger partial charge on any atom is -0.353 e. The highest BCUT2D eigenvalue weighted by atomic mass is 32.2. The number of rotatable bonds is 5. The molecule has 1 fully saturated rings. The Bertz CT molecular complexity index is 429. The zero-order valence-electron chi connectivity index (χ0n) is 9.32. The SMILES string of the molecule is O=C(CCS(=O)c1ccc(F)cc1)NC1CC1. The molecule has 1 atom stereocenters. The molecule has 1 unspecified atom stereocenters. The summed E-state index contributed by atoms with van der Waals surface area (Å²) in [4.78, 5) is 11.9. The minimum atomic E-state index is -1.23. The molecule has 92 valence electrons. The molecule has 1 amide bonds. The molecular weight excluding hydrogens is 241 g/mol. The summed E-state index contributed by atoms with van der Waals surface area (Å²) in [6.45, 7) is 0. The third-order valence-electron chi connectivity index (χ3n) is 2.53. The molecule has 0 aliphatic heterocycles. The van der Waals surface area contributed by atoms with Crippen molar-refractivity contribution in [2.45, 2.75) is 30.2 Å². The van der Waals surface area contributed by atoms with Crippen LogP contribution in [0.5, 0.6) is 0 Å². The molecule has 0 aromatic heterocycles. The van der Waals surface area contributed by atoms with Gasteiger partial charge in [-0.3, -0.25) is 9.00 Å². The van der Waals surface area contributed by atoms with Crippen LogP contribution >= 0.6 is 0 Å². The summed E-state index contributed by atoms with van der Waals surface area (Å²) in [6.07, 6.45) is 2.35. The Kier molecular flexibility index (Phi) is 3.89. The molecule has 0 spiro atoms. The van der Waals surface area contributed by atoms with E-state index >= 15 is 0 Å². The molecule has 17 heavy (non-hydrogen) atoms. The van der Waals surface area contributed by atoms with Gasteiger partial charge in [0, 0.05) is 23.1 Å². The first kappa shape index (κ1) is 12.2. The Balaban J connectivity index is 1.79. The molecule has 1 aliphatic rings. The zero-order chi connectivity index (χ0) is 12.3. The molecule has 2 rings (SSSR count). The molecule has 0 bridgehead atoms. The highest BCUT2D eigenvalue weighted by Crippen LogP contribution is 2.18. The molecule has 0 heterocycles. The Morgan fingerprint density at radius 3 is 2.59 bits per heavy atom. The molecule has 1 saturated carbocycles. The van der Waals surface area contributed by atoms with E-state index in [0.717, 1.165) is 12.8 Å². The summed E-state index contributed by atoms with van der Waals surface area (Å²) in [6, 6.07) is 5.87. The van der Waals surface area contributed by atoms with E-state index in [-0.39, 0.29) is 23.9 Å². The fraction of sp³-hybridized carbons (Fsp3) is 0.417. The lowest BCUT2D eigenvalue weighted by atomic mass is 10.4. The lowest BCUT2D eigenvalue weighted by Crippen LogP contribution is -2.26. The number of amides is 1. The second kappa shape index (κ2) is 5.40. The summed E-state index contributed by atoms with van der Waals surface area (Å²) in [7, 11) is -1.23. The van der Waals surface area contributed by atoms with Crippen LogP contribution in [-0.4, -0.2) is 21.9 Å². The van der Waals surface area contributed by atoms with E-state index in [9.17, 15) is 13.4 Å². The number of carbonyl (C=O) groups excluding carboxylic acids is 1. The van der Waals surface area contributed by atoms with Crippen LogP contribution in [0.15, 0.2) is 29.2 Å². The predicted molar refractivity (Wildman–Crippen MR) is 63.5 cm³/mol. The normalized spacial score (nSPS) is 16.5. The first-order chi connectivity index (χ1) is 8.15. The van der Waals surface area contributed by atoms with Crippen LogP contribution in [-0.2, 0) is 15.6 Å². The maximum absolute atomic E-state index is 12.7. The molecule has 5 heteroatoms. The zero-order valence-corrected chi connectivity index (χ0v) is 10.1. The van der Waals surface area contributed by atoms with Gasteiger partial charge in [-0.1, -0.05) is 0 Å². The van der Waals surface area contributed by atoms with Gasteiger partial charge in [-0.25, -0.2) is 4.39 Å². The van der Waals surface area contributed by atoms with Crippen LogP contribution in [0.1, 0.15) is 19.3 Å². The van der Waals surface area contributed by atoms with Crippen molar-refractivity contribution in [2.75, 3.05) is 5.75 Å². The summed E-state index contributed by atoms with van der Waals surface area (Å²) < 4.78 is 24.4. The van der Waals surface area contributed by atoms with Crippen molar-refractivity contribution < 1.29 is 13.4 Å². The van der Waals surface area contributed by atoms with Gasteiger partial charge in [0.25, 0.3) is 0 Å². The number of hydrogen-bond donors (Lipinski definition) is 1. The van der Waals surface area contributed by atoms with E-state index in [0.29, 0.717) is 10.9 Å². The van der Waals surface area contributed by atoms with Crippen molar-refractivity contribution in [3.63, 3.8) is 0 Å². The number of halogens is 1. The van der Waals surface area contributed by atoms with Crippen molar-refractivity contribution in [3.8, 4) is 0 Å². The van der Waals surface area contributed by atoms with Gasteiger partial charge >= 0.3 is 0 Å². The smallest absolute Gasteiger partial charge is 0.221 e. The minimum absolute atomic E-state index is 0.0528. The summed E-state index contributed by atoms with van der Waals surface area (Å²) in [5, 5.41) is 2.84. The van der Waals surface area contributed by atoms with Crippen LogP contribution in [0, 0.1) is 5.82 Å². The van der Waals surface area contributed by atoms with E-state index in [2.05, 4.69) is 5.32 Å². The van der Waals surface area contributed by atoms with Crippen molar-refractivity contribution >= 4 is 16.7 Å². The standard InChI is InChI=1S/C12H14FNO2S/c13-9-1-5-11(6-2-9)17(16)8-7-12(15)14-10-3-4-10/h1-2,5-6,10H,3-4,7-8H2,(H,14,15). The van der Waals surface area contributed by atoms with Gasteiger partial charge in [0.15, 0.2) is 0 Å². The number of carbonyl (C=O) groups is 1. The Morgan fingerprint density at radius 2 is 2.00 bits per heavy atom. The van der Waals surface area contributed by atoms with Gasteiger partial charge in [-0.05, 0) is 37.1 Å². The molecule has 0 saturated heterocycles. The molecular formula is C12H14FNO2S. The first-order valence-corrected chi connectivity index (χ1v) is 6.90. The largest absolute Gasteiger partial charge is 0.353 e. The second-order valence-electron chi connectivity index (χ2n) is 4.10. The maximum atomic E-state index is 12.7. The average molecular weight is 255 g/mol. The van der Waals surface area contributed by atoms with Gasteiger partial charge in [0.1, 0.15) is 5.82 Å².